The van der Waals surface area contributed by atoms with Crippen LogP contribution in [-0.2, 0) is 6.18 Å². The topological polar surface area (TPSA) is 30.0 Å². The van der Waals surface area contributed by atoms with Gasteiger partial charge in [-0.15, -0.1) is 0 Å². The highest BCUT2D eigenvalue weighted by molar-refractivity contribution is 5.61. The van der Waals surface area contributed by atoms with Crippen LogP contribution in [0.15, 0.2) is 53.7 Å². The number of rotatable bonds is 2. The first kappa shape index (κ1) is 18.3. The summed E-state index contributed by atoms with van der Waals surface area (Å²) in [6.45, 7) is 2.86. The molecule has 3 unspecified atom stereocenters. The Morgan fingerprint density at radius 1 is 1.10 bits per heavy atom. The Hall–Kier alpha value is -2.78. The van der Waals surface area contributed by atoms with Gasteiger partial charge in [-0.25, -0.2) is 0 Å². The van der Waals surface area contributed by atoms with Crippen molar-refractivity contribution in [2.24, 2.45) is 0 Å². The van der Waals surface area contributed by atoms with E-state index < -0.39 is 11.7 Å². The van der Waals surface area contributed by atoms with Crippen molar-refractivity contribution in [3.63, 3.8) is 0 Å². The van der Waals surface area contributed by atoms with E-state index in [0.29, 0.717) is 11.3 Å². The summed E-state index contributed by atoms with van der Waals surface area (Å²) in [5, 5.41) is 9.16. The van der Waals surface area contributed by atoms with Crippen molar-refractivity contribution in [1.82, 2.24) is 4.90 Å². The third kappa shape index (κ3) is 2.92. The number of anilines is 1. The minimum absolute atomic E-state index is 0.0929. The molecule has 2 heterocycles. The fourth-order valence-corrected chi connectivity index (χ4v) is 4.93. The van der Waals surface area contributed by atoms with Crippen LogP contribution in [0.1, 0.15) is 47.6 Å². The first-order valence-electron chi connectivity index (χ1n) is 9.83. The average molecular weight is 395 g/mol. The summed E-state index contributed by atoms with van der Waals surface area (Å²) in [6, 6.07) is 13.8. The van der Waals surface area contributed by atoms with Crippen LogP contribution >= 0.6 is 0 Å². The molecule has 3 aliphatic rings. The summed E-state index contributed by atoms with van der Waals surface area (Å²) in [6.07, 6.45) is -1.38. The van der Waals surface area contributed by atoms with E-state index in [1.54, 1.807) is 6.07 Å². The first-order valence-corrected chi connectivity index (χ1v) is 9.83. The highest BCUT2D eigenvalue weighted by atomic mass is 19.4. The number of nitrogens with zero attached hydrogens (tertiary/aromatic N) is 3. The Morgan fingerprint density at radius 3 is 2.66 bits per heavy atom. The SMILES string of the molecule is Cc1cc(C#N)ccc1C1C2=C(CCC2)N(c2cccc(C(F)(F)F)c2)C2CN12. The zero-order chi connectivity index (χ0) is 20.3. The van der Waals surface area contributed by atoms with E-state index in [1.807, 2.05) is 25.1 Å². The van der Waals surface area contributed by atoms with E-state index in [1.165, 1.54) is 29.0 Å². The number of halogens is 3. The van der Waals surface area contributed by atoms with Gasteiger partial charge in [-0.3, -0.25) is 4.90 Å². The molecule has 0 spiro atoms. The molecule has 0 radical (unpaired) electrons. The molecule has 0 N–H and O–H groups in total. The lowest BCUT2D eigenvalue weighted by Gasteiger charge is -2.37. The lowest BCUT2D eigenvalue weighted by Crippen LogP contribution is -2.35. The standard InChI is InChI=1S/C23H20F3N3/c1-14-10-15(12-27)8-9-18(14)22-19-6-3-7-20(19)29(21-13-28(21)22)17-5-2-4-16(11-17)23(24,25)26/h2,4-5,8-11,21-22H,3,6-7,13H2,1H3. The van der Waals surface area contributed by atoms with Crippen molar-refractivity contribution >= 4 is 5.69 Å². The number of allylic oxidation sites excluding steroid dienone is 1. The number of hydrogen-bond donors (Lipinski definition) is 0. The highest BCUT2D eigenvalue weighted by Crippen LogP contribution is 2.53. The average Bonchev–Trinajstić information content (AvgIpc) is 3.32. The van der Waals surface area contributed by atoms with Gasteiger partial charge in [0.2, 0.25) is 0 Å². The third-order valence-corrected chi connectivity index (χ3v) is 6.25. The van der Waals surface area contributed by atoms with Gasteiger partial charge in [-0.05, 0) is 73.2 Å². The van der Waals surface area contributed by atoms with E-state index in [4.69, 9.17) is 5.26 Å². The maximum atomic E-state index is 13.2. The number of hydrogen-bond acceptors (Lipinski definition) is 3. The van der Waals surface area contributed by atoms with Gasteiger partial charge in [0.15, 0.2) is 0 Å². The second-order valence-electron chi connectivity index (χ2n) is 8.01. The number of benzene rings is 2. The largest absolute Gasteiger partial charge is 0.416 e. The second-order valence-corrected chi connectivity index (χ2v) is 8.01. The summed E-state index contributed by atoms with van der Waals surface area (Å²) >= 11 is 0. The molecule has 3 nitrogen and oxygen atoms in total. The summed E-state index contributed by atoms with van der Waals surface area (Å²) in [4.78, 5) is 4.46. The molecule has 1 fully saturated rings. The summed E-state index contributed by atoms with van der Waals surface area (Å²) in [5.41, 5.74) is 5.44. The Kier molecular flexibility index (Phi) is 4.01. The number of nitriles is 1. The molecule has 5 rings (SSSR count). The van der Waals surface area contributed by atoms with E-state index in [9.17, 15) is 13.2 Å². The normalized spacial score (nSPS) is 25.5. The van der Waals surface area contributed by atoms with Crippen LogP contribution in [0.3, 0.4) is 0 Å². The van der Waals surface area contributed by atoms with Gasteiger partial charge >= 0.3 is 6.18 Å². The number of alkyl halides is 3. The second kappa shape index (κ2) is 6.36. The molecule has 148 valence electrons. The van der Waals surface area contributed by atoms with Crippen molar-refractivity contribution in [2.75, 3.05) is 11.4 Å². The maximum Gasteiger partial charge on any atom is 0.416 e. The van der Waals surface area contributed by atoms with Crippen molar-refractivity contribution in [3.05, 3.63) is 76.0 Å². The van der Waals surface area contributed by atoms with Crippen LogP contribution in [0.25, 0.3) is 0 Å². The Morgan fingerprint density at radius 2 is 1.93 bits per heavy atom. The predicted octanol–water partition coefficient (Wildman–Crippen LogP) is 5.53. The lowest BCUT2D eigenvalue weighted by molar-refractivity contribution is -0.137. The molecule has 1 saturated heterocycles. The van der Waals surface area contributed by atoms with Gasteiger partial charge in [-0.2, -0.15) is 18.4 Å². The van der Waals surface area contributed by atoms with Crippen LogP contribution in [0.5, 0.6) is 0 Å². The van der Waals surface area contributed by atoms with Crippen molar-refractivity contribution in [3.8, 4) is 6.07 Å². The maximum absolute atomic E-state index is 13.2. The molecule has 0 aromatic heterocycles. The van der Waals surface area contributed by atoms with Gasteiger partial charge in [0, 0.05) is 17.9 Å². The number of fused-ring (bicyclic) bond motifs is 1. The van der Waals surface area contributed by atoms with E-state index in [2.05, 4.69) is 15.9 Å². The molecule has 1 aliphatic carbocycles. The Balaban J connectivity index is 1.58. The lowest BCUT2D eigenvalue weighted by atomic mass is 9.91. The zero-order valence-electron chi connectivity index (χ0n) is 16.0. The zero-order valence-corrected chi connectivity index (χ0v) is 16.0. The van der Waals surface area contributed by atoms with Gasteiger partial charge in [0.25, 0.3) is 0 Å². The fourth-order valence-electron chi connectivity index (χ4n) is 4.93. The van der Waals surface area contributed by atoms with Crippen LogP contribution in [0.2, 0.25) is 0 Å². The number of aryl methyl sites for hydroxylation is 1. The van der Waals surface area contributed by atoms with E-state index in [0.717, 1.165) is 37.4 Å². The monoisotopic (exact) mass is 395 g/mol. The van der Waals surface area contributed by atoms with Crippen molar-refractivity contribution in [1.29, 1.82) is 5.26 Å². The summed E-state index contributed by atoms with van der Waals surface area (Å²) in [7, 11) is 0. The quantitative estimate of drug-likeness (QED) is 0.627. The molecule has 2 aromatic carbocycles. The minimum Gasteiger partial charge on any atom is -0.328 e. The van der Waals surface area contributed by atoms with E-state index >= 15 is 0 Å². The van der Waals surface area contributed by atoms with Gasteiger partial charge in [-0.1, -0.05) is 12.1 Å². The molecular weight excluding hydrogens is 375 g/mol. The van der Waals surface area contributed by atoms with Crippen LogP contribution in [-0.4, -0.2) is 17.6 Å². The Labute approximate surface area is 167 Å². The van der Waals surface area contributed by atoms with Crippen LogP contribution in [0.4, 0.5) is 18.9 Å². The molecule has 0 bridgehead atoms. The van der Waals surface area contributed by atoms with Gasteiger partial charge in [0.05, 0.1) is 23.2 Å². The molecule has 2 aliphatic heterocycles. The predicted molar refractivity (Wildman–Crippen MR) is 104 cm³/mol. The summed E-state index contributed by atoms with van der Waals surface area (Å²) in [5.74, 6) is 0. The molecular formula is C23H20F3N3. The molecule has 2 aromatic rings. The van der Waals surface area contributed by atoms with Crippen molar-refractivity contribution < 1.29 is 13.2 Å². The molecule has 0 saturated carbocycles. The Bertz CT molecular complexity index is 1060. The van der Waals surface area contributed by atoms with Gasteiger partial charge < -0.3 is 4.90 Å². The molecule has 0 amide bonds. The molecule has 6 heteroatoms. The van der Waals surface area contributed by atoms with Crippen LogP contribution < -0.4 is 4.90 Å². The highest BCUT2D eigenvalue weighted by Gasteiger charge is 2.52. The first-order chi connectivity index (χ1) is 13.9. The van der Waals surface area contributed by atoms with Crippen molar-refractivity contribution in [2.45, 2.75) is 44.6 Å². The van der Waals surface area contributed by atoms with Gasteiger partial charge in [0.1, 0.15) is 6.17 Å². The third-order valence-electron chi connectivity index (χ3n) is 6.25. The molecule has 3 atom stereocenters. The molecule has 29 heavy (non-hydrogen) atoms. The van der Waals surface area contributed by atoms with E-state index in [-0.39, 0.29) is 12.2 Å². The smallest absolute Gasteiger partial charge is 0.328 e. The summed E-state index contributed by atoms with van der Waals surface area (Å²) < 4.78 is 39.7. The fraction of sp³-hybridized carbons (Fsp3) is 0.348. The minimum atomic E-state index is -4.34. The van der Waals surface area contributed by atoms with Crippen LogP contribution in [0, 0.1) is 18.3 Å².